The maximum absolute atomic E-state index is 13.2. The van der Waals surface area contributed by atoms with Crippen molar-refractivity contribution < 1.29 is 9.63 Å². The Bertz CT molecular complexity index is 928. The van der Waals surface area contributed by atoms with Crippen molar-refractivity contribution in [2.75, 3.05) is 0 Å². The maximum Gasteiger partial charge on any atom is 0.259 e. The summed E-state index contributed by atoms with van der Waals surface area (Å²) >= 11 is 0. The first-order chi connectivity index (χ1) is 13.9. The molecule has 1 amide bonds. The smallest absolute Gasteiger partial charge is 0.259 e. The minimum atomic E-state index is -0.103. The zero-order valence-electron chi connectivity index (χ0n) is 17.7. The molecule has 29 heavy (non-hydrogen) atoms. The average molecular weight is 388 g/mol. The fraction of sp³-hybridized carbons (Fsp3) is 0.269. The second kappa shape index (κ2) is 9.42. The lowest BCUT2D eigenvalue weighted by Crippen LogP contribution is -2.43. The van der Waals surface area contributed by atoms with Gasteiger partial charge in [0.2, 0.25) is 0 Å². The Morgan fingerprint density at radius 2 is 1.38 bits per heavy atom. The van der Waals surface area contributed by atoms with E-state index >= 15 is 0 Å². The standard InChI is InChI=1S/C26H29NO2/c1-19-15-20(2)26(21(3)16-19)29-27(22(4)17-23-11-7-5-8-12-23)25(28)18-24-13-9-6-10-14-24/h5-16,22H,17-18H2,1-4H3. The first-order valence-electron chi connectivity index (χ1n) is 10.1. The van der Waals surface area contributed by atoms with E-state index in [0.717, 1.165) is 28.9 Å². The van der Waals surface area contributed by atoms with Crippen LogP contribution in [0.5, 0.6) is 5.75 Å². The van der Waals surface area contributed by atoms with Crippen LogP contribution in [0, 0.1) is 20.8 Å². The van der Waals surface area contributed by atoms with Crippen LogP contribution < -0.4 is 4.84 Å². The molecule has 0 saturated heterocycles. The Hall–Kier alpha value is -3.07. The molecular weight excluding hydrogens is 358 g/mol. The van der Waals surface area contributed by atoms with Gasteiger partial charge in [-0.1, -0.05) is 78.4 Å². The maximum atomic E-state index is 13.2. The van der Waals surface area contributed by atoms with Crippen LogP contribution in [0.25, 0.3) is 0 Å². The lowest BCUT2D eigenvalue weighted by molar-refractivity contribution is -0.164. The monoisotopic (exact) mass is 387 g/mol. The third-order valence-electron chi connectivity index (χ3n) is 5.01. The molecule has 0 spiro atoms. The predicted octanol–water partition coefficient (Wildman–Crippen LogP) is 5.61. The summed E-state index contributed by atoms with van der Waals surface area (Å²) in [4.78, 5) is 19.5. The van der Waals surface area contributed by atoms with Gasteiger partial charge in [0, 0.05) is 0 Å². The van der Waals surface area contributed by atoms with E-state index in [0.29, 0.717) is 6.42 Å². The average Bonchev–Trinajstić information content (AvgIpc) is 2.68. The summed E-state index contributed by atoms with van der Waals surface area (Å²) in [5, 5.41) is 1.56. The number of carbonyl (C=O) groups is 1. The number of carbonyl (C=O) groups excluding carboxylic acids is 1. The molecule has 0 aromatic heterocycles. The summed E-state index contributed by atoms with van der Waals surface area (Å²) in [6.07, 6.45) is 1.04. The lowest BCUT2D eigenvalue weighted by Gasteiger charge is -2.30. The molecule has 3 aromatic carbocycles. The van der Waals surface area contributed by atoms with Crippen molar-refractivity contribution in [1.82, 2.24) is 5.06 Å². The molecule has 3 aromatic rings. The van der Waals surface area contributed by atoms with E-state index < -0.39 is 0 Å². The van der Waals surface area contributed by atoms with Crippen molar-refractivity contribution in [3.8, 4) is 5.75 Å². The Morgan fingerprint density at radius 3 is 1.93 bits per heavy atom. The number of hydrogen-bond donors (Lipinski definition) is 0. The van der Waals surface area contributed by atoms with E-state index in [1.807, 2.05) is 69.3 Å². The van der Waals surface area contributed by atoms with Crippen molar-refractivity contribution in [3.05, 3.63) is 101 Å². The molecule has 3 heteroatoms. The van der Waals surface area contributed by atoms with Gasteiger partial charge in [0.05, 0.1) is 12.5 Å². The van der Waals surface area contributed by atoms with E-state index in [4.69, 9.17) is 4.84 Å². The van der Waals surface area contributed by atoms with Gasteiger partial charge in [-0.05, 0) is 56.4 Å². The van der Waals surface area contributed by atoms with E-state index in [1.165, 1.54) is 11.1 Å². The van der Waals surface area contributed by atoms with Crippen LogP contribution in [0.2, 0.25) is 0 Å². The summed E-state index contributed by atoms with van der Waals surface area (Å²) in [6.45, 7) is 8.16. The Morgan fingerprint density at radius 1 is 0.862 bits per heavy atom. The first kappa shape index (κ1) is 20.7. The molecule has 0 aliphatic rings. The molecule has 0 aliphatic heterocycles. The summed E-state index contributed by atoms with van der Waals surface area (Å²) in [5.41, 5.74) is 5.42. The van der Waals surface area contributed by atoms with Gasteiger partial charge >= 0.3 is 0 Å². The van der Waals surface area contributed by atoms with Crippen LogP contribution in [0.4, 0.5) is 0 Å². The molecule has 0 fully saturated rings. The minimum absolute atomic E-state index is 0.0426. The second-order valence-electron chi connectivity index (χ2n) is 7.74. The van der Waals surface area contributed by atoms with Gasteiger partial charge in [-0.25, -0.2) is 0 Å². The normalized spacial score (nSPS) is 11.7. The number of rotatable bonds is 7. The van der Waals surface area contributed by atoms with Gasteiger partial charge in [-0.15, -0.1) is 0 Å². The topological polar surface area (TPSA) is 29.5 Å². The molecule has 0 aliphatic carbocycles. The summed E-state index contributed by atoms with van der Waals surface area (Å²) in [5.74, 6) is 0.718. The number of benzene rings is 3. The number of nitrogens with zero attached hydrogens (tertiary/aromatic N) is 1. The molecular formula is C26H29NO2. The van der Waals surface area contributed by atoms with Gasteiger partial charge < -0.3 is 4.84 Å². The molecule has 0 N–H and O–H groups in total. The summed E-state index contributed by atoms with van der Waals surface area (Å²) in [6, 6.07) is 24.1. The molecule has 0 heterocycles. The number of aryl methyl sites for hydroxylation is 3. The molecule has 3 nitrogen and oxygen atoms in total. The van der Waals surface area contributed by atoms with Crippen molar-refractivity contribution >= 4 is 5.91 Å². The zero-order chi connectivity index (χ0) is 20.8. The lowest BCUT2D eigenvalue weighted by atomic mass is 10.1. The van der Waals surface area contributed by atoms with Crippen molar-refractivity contribution in [2.24, 2.45) is 0 Å². The third kappa shape index (κ3) is 5.47. The fourth-order valence-electron chi connectivity index (χ4n) is 3.68. The highest BCUT2D eigenvalue weighted by Gasteiger charge is 2.24. The number of hydroxylamine groups is 2. The quantitative estimate of drug-likeness (QED) is 0.493. The minimum Gasteiger partial charge on any atom is -0.376 e. The molecule has 3 rings (SSSR count). The highest BCUT2D eigenvalue weighted by Crippen LogP contribution is 2.27. The van der Waals surface area contributed by atoms with Crippen LogP contribution in [-0.4, -0.2) is 17.0 Å². The molecule has 0 radical (unpaired) electrons. The van der Waals surface area contributed by atoms with Gasteiger partial charge in [0.25, 0.3) is 5.91 Å². The largest absolute Gasteiger partial charge is 0.376 e. The molecule has 1 atom stereocenters. The van der Waals surface area contributed by atoms with E-state index in [-0.39, 0.29) is 11.9 Å². The fourth-order valence-corrected chi connectivity index (χ4v) is 3.68. The van der Waals surface area contributed by atoms with Gasteiger partial charge in [-0.2, -0.15) is 5.06 Å². The van der Waals surface area contributed by atoms with Gasteiger partial charge in [0.1, 0.15) is 0 Å². The second-order valence-corrected chi connectivity index (χ2v) is 7.74. The van der Waals surface area contributed by atoms with Gasteiger partial charge in [-0.3, -0.25) is 4.79 Å². The van der Waals surface area contributed by atoms with Crippen LogP contribution in [0.15, 0.2) is 72.8 Å². The zero-order valence-corrected chi connectivity index (χ0v) is 17.7. The Labute approximate surface area is 173 Å². The highest BCUT2D eigenvalue weighted by molar-refractivity contribution is 5.78. The third-order valence-corrected chi connectivity index (χ3v) is 5.01. The molecule has 0 bridgehead atoms. The van der Waals surface area contributed by atoms with E-state index in [9.17, 15) is 4.79 Å². The SMILES string of the molecule is Cc1cc(C)c(ON(C(=O)Cc2ccccc2)C(C)Cc2ccccc2)c(C)c1. The molecule has 1 unspecified atom stereocenters. The number of amides is 1. The van der Waals surface area contributed by atoms with Crippen molar-refractivity contribution in [2.45, 2.75) is 46.6 Å². The molecule has 0 saturated carbocycles. The first-order valence-corrected chi connectivity index (χ1v) is 10.1. The van der Waals surface area contributed by atoms with Crippen LogP contribution in [0.1, 0.15) is 34.7 Å². The van der Waals surface area contributed by atoms with Crippen molar-refractivity contribution in [3.63, 3.8) is 0 Å². The Kier molecular flexibility index (Phi) is 6.71. The summed E-state index contributed by atoms with van der Waals surface area (Å²) in [7, 11) is 0. The van der Waals surface area contributed by atoms with Crippen LogP contribution in [-0.2, 0) is 17.6 Å². The van der Waals surface area contributed by atoms with E-state index in [1.54, 1.807) is 5.06 Å². The van der Waals surface area contributed by atoms with Gasteiger partial charge in [0.15, 0.2) is 5.75 Å². The van der Waals surface area contributed by atoms with E-state index in [2.05, 4.69) is 31.2 Å². The predicted molar refractivity (Wildman–Crippen MR) is 118 cm³/mol. The Balaban J connectivity index is 1.87. The highest BCUT2D eigenvalue weighted by atomic mass is 16.7. The van der Waals surface area contributed by atoms with Crippen LogP contribution in [0.3, 0.4) is 0 Å². The van der Waals surface area contributed by atoms with Crippen LogP contribution >= 0.6 is 0 Å². The summed E-state index contributed by atoms with van der Waals surface area (Å²) < 4.78 is 0. The number of hydrogen-bond acceptors (Lipinski definition) is 2. The molecule has 150 valence electrons. The van der Waals surface area contributed by atoms with Crippen molar-refractivity contribution in [1.29, 1.82) is 0 Å².